The zero-order chi connectivity index (χ0) is 23.4. The molecular formula is C29H45NO2. The normalized spacial score (nSPS) is 11.7. The summed E-state index contributed by atoms with van der Waals surface area (Å²) in [6.07, 6.45) is 9.56. The molecule has 0 heterocycles. The molecule has 0 atom stereocenters. The van der Waals surface area contributed by atoms with E-state index in [2.05, 4.69) is 63.3 Å². The fourth-order valence-electron chi connectivity index (χ4n) is 4.82. The first-order valence-corrected chi connectivity index (χ1v) is 12.7. The molecule has 2 aromatic rings. The molecule has 0 amide bonds. The Bertz CT molecular complexity index is 809. The third-order valence-electron chi connectivity index (χ3n) is 6.57. The number of unbranched alkanes of at least 4 members (excludes halogenated alkanes) is 3. The van der Waals surface area contributed by atoms with Gasteiger partial charge in [0.15, 0.2) is 0 Å². The second kappa shape index (κ2) is 13.5. The zero-order valence-corrected chi connectivity index (χ0v) is 21.1. The average Bonchev–Trinajstić information content (AvgIpc) is 2.78. The Labute approximate surface area is 196 Å². The van der Waals surface area contributed by atoms with Crippen molar-refractivity contribution in [1.29, 1.82) is 0 Å². The number of aryl methyl sites for hydroxylation is 2. The maximum atomic E-state index is 10.1. The van der Waals surface area contributed by atoms with Crippen molar-refractivity contribution < 1.29 is 9.84 Å². The molecule has 3 nitrogen and oxygen atoms in total. The molecule has 2 aromatic carbocycles. The number of ether oxygens (including phenoxy) is 1. The minimum absolute atomic E-state index is 0.0364. The number of aromatic hydroxyl groups is 1. The first-order valence-electron chi connectivity index (χ1n) is 12.7. The maximum Gasteiger partial charge on any atom is 0.122 e. The number of hydrogen-bond acceptors (Lipinski definition) is 3. The summed E-state index contributed by atoms with van der Waals surface area (Å²) in [6, 6.07) is 12.9. The van der Waals surface area contributed by atoms with E-state index < -0.39 is 0 Å². The quantitative estimate of drug-likeness (QED) is 0.283. The summed E-state index contributed by atoms with van der Waals surface area (Å²) in [5, 5.41) is 13.6. The van der Waals surface area contributed by atoms with Crippen LogP contribution >= 0.6 is 0 Å². The lowest BCUT2D eigenvalue weighted by atomic mass is 9.68. The Morgan fingerprint density at radius 3 is 2.03 bits per heavy atom. The van der Waals surface area contributed by atoms with Gasteiger partial charge in [0.05, 0.1) is 0 Å². The summed E-state index contributed by atoms with van der Waals surface area (Å²) in [5.74, 6) is 1.35. The molecule has 0 aliphatic heterocycles. The van der Waals surface area contributed by atoms with Crippen molar-refractivity contribution in [3.05, 3.63) is 58.7 Å². The Morgan fingerprint density at radius 2 is 1.44 bits per heavy atom. The van der Waals surface area contributed by atoms with Crippen molar-refractivity contribution in [2.45, 2.75) is 91.4 Å². The second-order valence-electron chi connectivity index (χ2n) is 9.22. The molecule has 178 valence electrons. The van der Waals surface area contributed by atoms with Crippen LogP contribution in [0.3, 0.4) is 0 Å². The van der Waals surface area contributed by atoms with E-state index in [9.17, 15) is 5.11 Å². The van der Waals surface area contributed by atoms with Crippen LogP contribution in [0.4, 0.5) is 0 Å². The van der Waals surface area contributed by atoms with Gasteiger partial charge in [-0.3, -0.25) is 0 Å². The monoisotopic (exact) mass is 439 g/mol. The van der Waals surface area contributed by atoms with Crippen molar-refractivity contribution in [1.82, 2.24) is 5.32 Å². The number of phenols is 1. The Morgan fingerprint density at radius 1 is 0.781 bits per heavy atom. The maximum absolute atomic E-state index is 10.1. The number of phenolic OH excluding ortho intramolecular Hbond substituents is 1. The Balaban J connectivity index is 2.14. The van der Waals surface area contributed by atoms with E-state index in [1.807, 2.05) is 13.0 Å². The van der Waals surface area contributed by atoms with E-state index in [4.69, 9.17) is 4.74 Å². The van der Waals surface area contributed by atoms with Crippen LogP contribution in [0.1, 0.15) is 94.4 Å². The number of nitrogens with one attached hydrogen (secondary N) is 1. The smallest absolute Gasteiger partial charge is 0.122 e. The highest BCUT2D eigenvalue weighted by atomic mass is 16.5. The third kappa shape index (κ3) is 7.00. The predicted octanol–water partition coefficient (Wildman–Crippen LogP) is 7.44. The molecule has 0 fully saturated rings. The molecule has 0 bridgehead atoms. The van der Waals surface area contributed by atoms with E-state index in [0.717, 1.165) is 50.1 Å². The molecule has 2 rings (SSSR count). The van der Waals surface area contributed by atoms with Crippen LogP contribution in [-0.2, 0) is 5.41 Å². The van der Waals surface area contributed by atoms with Crippen LogP contribution in [0.5, 0.6) is 11.5 Å². The molecule has 0 spiro atoms. The van der Waals surface area contributed by atoms with Gasteiger partial charge in [0.1, 0.15) is 18.1 Å². The molecule has 32 heavy (non-hydrogen) atoms. The van der Waals surface area contributed by atoms with Gasteiger partial charge in [-0.1, -0.05) is 77.1 Å². The van der Waals surface area contributed by atoms with Gasteiger partial charge in [-0.05, 0) is 74.0 Å². The van der Waals surface area contributed by atoms with Crippen molar-refractivity contribution in [3.8, 4) is 11.5 Å². The summed E-state index contributed by atoms with van der Waals surface area (Å²) < 4.78 is 6.10. The summed E-state index contributed by atoms with van der Waals surface area (Å²) in [4.78, 5) is 0. The van der Waals surface area contributed by atoms with Crippen LogP contribution in [0.25, 0.3) is 0 Å². The lowest BCUT2D eigenvalue weighted by molar-refractivity contribution is 0.311. The van der Waals surface area contributed by atoms with Gasteiger partial charge in [0.2, 0.25) is 0 Å². The molecule has 0 aliphatic carbocycles. The molecule has 2 N–H and O–H groups in total. The molecule has 0 unspecified atom stereocenters. The van der Waals surface area contributed by atoms with Crippen LogP contribution in [-0.4, -0.2) is 24.8 Å². The number of hydrogen-bond donors (Lipinski definition) is 2. The fourth-order valence-corrected chi connectivity index (χ4v) is 4.82. The SMILES string of the molecule is CCCCCCNCCOc1ccc(C(CCC)(CCC)c2ccc(O)c(C)c2)cc1C. The summed E-state index contributed by atoms with van der Waals surface area (Å²) in [6.45, 7) is 13.6. The van der Waals surface area contributed by atoms with Crippen LogP contribution in [0, 0.1) is 13.8 Å². The zero-order valence-electron chi connectivity index (χ0n) is 21.1. The van der Waals surface area contributed by atoms with Crippen molar-refractivity contribution >= 4 is 0 Å². The highest BCUT2D eigenvalue weighted by Gasteiger charge is 2.33. The van der Waals surface area contributed by atoms with Gasteiger partial charge in [-0.2, -0.15) is 0 Å². The van der Waals surface area contributed by atoms with Gasteiger partial charge in [-0.25, -0.2) is 0 Å². The van der Waals surface area contributed by atoms with Crippen LogP contribution in [0.15, 0.2) is 36.4 Å². The van der Waals surface area contributed by atoms with Gasteiger partial charge in [-0.15, -0.1) is 0 Å². The van der Waals surface area contributed by atoms with Crippen molar-refractivity contribution in [2.75, 3.05) is 19.7 Å². The largest absolute Gasteiger partial charge is 0.508 e. The van der Waals surface area contributed by atoms with E-state index in [1.165, 1.54) is 42.4 Å². The topological polar surface area (TPSA) is 41.5 Å². The van der Waals surface area contributed by atoms with E-state index in [0.29, 0.717) is 12.4 Å². The average molecular weight is 440 g/mol. The molecule has 0 radical (unpaired) electrons. The summed E-state index contributed by atoms with van der Waals surface area (Å²) in [5.41, 5.74) is 4.75. The predicted molar refractivity (Wildman–Crippen MR) is 137 cm³/mol. The van der Waals surface area contributed by atoms with Gasteiger partial charge in [0.25, 0.3) is 0 Å². The Kier molecular flexibility index (Phi) is 11.1. The third-order valence-corrected chi connectivity index (χ3v) is 6.57. The molecule has 0 aromatic heterocycles. The molecule has 3 heteroatoms. The van der Waals surface area contributed by atoms with Gasteiger partial charge < -0.3 is 15.2 Å². The highest BCUT2D eigenvalue weighted by Crippen LogP contribution is 2.43. The van der Waals surface area contributed by atoms with Crippen LogP contribution in [0.2, 0.25) is 0 Å². The first kappa shape index (κ1) is 26.3. The molecule has 0 saturated carbocycles. The summed E-state index contributed by atoms with van der Waals surface area (Å²) in [7, 11) is 0. The minimum atomic E-state index is -0.0364. The van der Waals surface area contributed by atoms with E-state index in [1.54, 1.807) is 0 Å². The molecule has 0 saturated heterocycles. The lowest BCUT2D eigenvalue weighted by Crippen LogP contribution is -2.28. The fraction of sp³-hybridized carbons (Fsp3) is 0.586. The van der Waals surface area contributed by atoms with Gasteiger partial charge >= 0.3 is 0 Å². The van der Waals surface area contributed by atoms with Crippen molar-refractivity contribution in [2.24, 2.45) is 0 Å². The second-order valence-corrected chi connectivity index (χ2v) is 9.22. The number of benzene rings is 2. The standard InChI is InChI=1S/C29H45NO2/c1-6-9-10-11-18-30-19-20-32-28-15-13-26(22-24(28)5)29(16-7-2,17-8-3)25-12-14-27(31)23(4)21-25/h12-15,21-22,30-31H,6-11,16-20H2,1-5H3. The highest BCUT2D eigenvalue weighted by molar-refractivity contribution is 5.48. The Hall–Kier alpha value is -2.00. The summed E-state index contributed by atoms with van der Waals surface area (Å²) >= 11 is 0. The van der Waals surface area contributed by atoms with E-state index >= 15 is 0 Å². The van der Waals surface area contributed by atoms with Gasteiger partial charge in [0, 0.05) is 12.0 Å². The van der Waals surface area contributed by atoms with Crippen molar-refractivity contribution in [3.63, 3.8) is 0 Å². The number of rotatable bonds is 15. The van der Waals surface area contributed by atoms with E-state index in [-0.39, 0.29) is 5.41 Å². The minimum Gasteiger partial charge on any atom is -0.508 e. The lowest BCUT2D eigenvalue weighted by Gasteiger charge is -2.36. The molecule has 0 aliphatic rings. The first-order chi connectivity index (χ1) is 15.5. The van der Waals surface area contributed by atoms with Crippen LogP contribution < -0.4 is 10.1 Å². The molecular weight excluding hydrogens is 394 g/mol.